The highest BCUT2D eigenvalue weighted by Crippen LogP contribution is 2.33. The fourth-order valence-corrected chi connectivity index (χ4v) is 5.77. The number of aryl methyl sites for hydroxylation is 1. The Morgan fingerprint density at radius 2 is 1.88 bits per heavy atom. The number of carbonyl (C=O) groups excluding carboxylic acids is 1. The van der Waals surface area contributed by atoms with Crippen molar-refractivity contribution in [3.05, 3.63) is 74.4 Å². The van der Waals surface area contributed by atoms with Crippen molar-refractivity contribution in [2.45, 2.75) is 66.3 Å². The highest BCUT2D eigenvalue weighted by Gasteiger charge is 2.22. The Morgan fingerprint density at radius 3 is 2.53 bits per heavy atom. The van der Waals surface area contributed by atoms with E-state index >= 15 is 0 Å². The fraction of sp³-hybridized carbons (Fsp3) is 0.353. The standard InChI is InChI=1S/C30H31N5O2.C4H8O2/c1-6-7-35-18(5)21-11-20-10-19-8-15(2)23(31-19)13-26-22(14-36)17(4)25(34-26)12-24-16(3)9-27(33-24)28(30(35)37)29(21)32-20;1-3-4(5)6-2/h8,10-13,16,31,33,36H,5-7,9,14H2,1-4H3;3H2,1-2H3. The number of ether oxygens (including phenoxy) is 1. The Hall–Kier alpha value is -4.50. The SMILES string of the molecule is C=c1c2cc3cc4cc(C)c(cc5nc(cc6[nH]c(c(c(=O)n1CCC)c2n3)CC6C)C(C)=C5CO)[nH]4.CCC(=O)OC. The van der Waals surface area contributed by atoms with Gasteiger partial charge in [-0.05, 0) is 68.2 Å². The Bertz CT molecular complexity index is 2020. The van der Waals surface area contributed by atoms with Crippen molar-refractivity contribution in [3.8, 4) is 0 Å². The molecule has 43 heavy (non-hydrogen) atoms. The second-order valence-corrected chi connectivity index (χ2v) is 11.2. The van der Waals surface area contributed by atoms with Crippen molar-refractivity contribution in [2.24, 2.45) is 0 Å². The maximum Gasteiger partial charge on any atom is 0.305 e. The highest BCUT2D eigenvalue weighted by atomic mass is 16.5. The Morgan fingerprint density at radius 1 is 1.12 bits per heavy atom. The normalized spacial score (nSPS) is 14.6. The number of fused-ring (bicyclic) bond motifs is 8. The molecule has 0 amide bonds. The maximum absolute atomic E-state index is 13.8. The zero-order valence-corrected chi connectivity index (χ0v) is 25.7. The van der Waals surface area contributed by atoms with E-state index in [1.807, 2.05) is 32.0 Å². The number of aromatic nitrogens is 5. The number of aliphatic hydroxyl groups excluding tert-OH is 1. The molecule has 0 fully saturated rings. The van der Waals surface area contributed by atoms with Crippen LogP contribution in [0.2, 0.25) is 0 Å². The zero-order chi connectivity index (χ0) is 31.0. The van der Waals surface area contributed by atoms with Gasteiger partial charge in [0.25, 0.3) is 5.56 Å². The number of nitrogens with zero attached hydrogens (tertiary/aromatic N) is 3. The van der Waals surface area contributed by atoms with E-state index in [0.717, 1.165) is 67.8 Å². The van der Waals surface area contributed by atoms with E-state index in [1.54, 1.807) is 11.5 Å². The van der Waals surface area contributed by atoms with Gasteiger partial charge >= 0.3 is 5.97 Å². The van der Waals surface area contributed by atoms with E-state index in [9.17, 15) is 14.7 Å². The summed E-state index contributed by atoms with van der Waals surface area (Å²) in [5, 5.41) is 12.4. The minimum Gasteiger partial charge on any atom is -0.469 e. The van der Waals surface area contributed by atoms with Crippen LogP contribution in [0, 0.1) is 6.92 Å². The van der Waals surface area contributed by atoms with Crippen molar-refractivity contribution in [1.29, 1.82) is 0 Å². The molecule has 2 aliphatic rings. The second kappa shape index (κ2) is 12.0. The van der Waals surface area contributed by atoms with Gasteiger partial charge in [0.15, 0.2) is 0 Å². The maximum atomic E-state index is 13.8. The van der Waals surface area contributed by atoms with Crippen molar-refractivity contribution in [1.82, 2.24) is 24.5 Å². The van der Waals surface area contributed by atoms with Crippen molar-refractivity contribution in [3.63, 3.8) is 0 Å². The molecule has 0 radical (unpaired) electrons. The summed E-state index contributed by atoms with van der Waals surface area (Å²) in [6, 6.07) is 10.1. The monoisotopic (exact) mass is 581 g/mol. The third-order valence-electron chi connectivity index (χ3n) is 8.22. The van der Waals surface area contributed by atoms with Crippen LogP contribution in [-0.2, 0) is 22.5 Å². The first-order valence-electron chi connectivity index (χ1n) is 14.7. The number of rotatable bonds is 4. The minimum atomic E-state index is -0.157. The topological polar surface area (TPSA) is 126 Å². The molecule has 8 bridgehead atoms. The number of allylic oxidation sites excluding steroid dienone is 1. The summed E-state index contributed by atoms with van der Waals surface area (Å²) in [5.41, 5.74) is 9.58. The van der Waals surface area contributed by atoms with Gasteiger partial charge < -0.3 is 24.4 Å². The molecule has 0 saturated heterocycles. The summed E-state index contributed by atoms with van der Waals surface area (Å²) >= 11 is 0. The smallest absolute Gasteiger partial charge is 0.305 e. The average molecular weight is 582 g/mol. The first-order chi connectivity index (χ1) is 20.6. The molecule has 6 rings (SSSR count). The largest absolute Gasteiger partial charge is 0.469 e. The second-order valence-electron chi connectivity index (χ2n) is 11.2. The lowest BCUT2D eigenvalue weighted by atomic mass is 10.0. The van der Waals surface area contributed by atoms with E-state index in [0.29, 0.717) is 35.6 Å². The molecule has 9 nitrogen and oxygen atoms in total. The van der Waals surface area contributed by atoms with Gasteiger partial charge in [0.1, 0.15) is 0 Å². The summed E-state index contributed by atoms with van der Waals surface area (Å²) < 4.78 is 6.05. The van der Waals surface area contributed by atoms with Gasteiger partial charge in [0, 0.05) is 57.6 Å². The summed E-state index contributed by atoms with van der Waals surface area (Å²) in [6.45, 7) is 14.8. The number of hydrogen-bond acceptors (Lipinski definition) is 6. The molecular weight excluding hydrogens is 542 g/mol. The molecule has 3 N–H and O–H groups in total. The van der Waals surface area contributed by atoms with Crippen LogP contribution in [0.5, 0.6) is 0 Å². The van der Waals surface area contributed by atoms with Crippen LogP contribution in [-0.4, -0.2) is 49.3 Å². The van der Waals surface area contributed by atoms with Gasteiger partial charge in [-0.15, -0.1) is 0 Å². The predicted molar refractivity (Wildman–Crippen MR) is 173 cm³/mol. The van der Waals surface area contributed by atoms with Crippen LogP contribution in [0.3, 0.4) is 0 Å². The van der Waals surface area contributed by atoms with Crippen molar-refractivity contribution >= 4 is 56.5 Å². The van der Waals surface area contributed by atoms with Crippen LogP contribution in [0.15, 0.2) is 35.1 Å². The number of aliphatic hydroxyl groups is 1. The molecule has 4 aromatic rings. The average Bonchev–Trinajstić information content (AvgIpc) is 3.73. The zero-order valence-electron chi connectivity index (χ0n) is 25.7. The lowest BCUT2D eigenvalue weighted by Gasteiger charge is -2.08. The number of esters is 1. The highest BCUT2D eigenvalue weighted by molar-refractivity contribution is 5.99. The van der Waals surface area contributed by atoms with E-state index in [4.69, 9.17) is 9.97 Å². The molecule has 9 heteroatoms. The summed E-state index contributed by atoms with van der Waals surface area (Å²) in [6.07, 6.45) is 2.01. The Labute approximate surface area is 250 Å². The molecular formula is C34H39N5O4. The van der Waals surface area contributed by atoms with Gasteiger partial charge in [0.2, 0.25) is 0 Å². The van der Waals surface area contributed by atoms with E-state index in [2.05, 4.69) is 47.3 Å². The van der Waals surface area contributed by atoms with E-state index in [1.165, 1.54) is 7.11 Å². The number of nitrogens with one attached hydrogen (secondary N) is 2. The van der Waals surface area contributed by atoms with Gasteiger partial charge in [-0.3, -0.25) is 9.59 Å². The molecule has 2 aliphatic heterocycles. The van der Waals surface area contributed by atoms with Gasteiger partial charge in [-0.1, -0.05) is 27.4 Å². The molecule has 0 saturated carbocycles. The molecule has 224 valence electrons. The Kier molecular flexibility index (Phi) is 8.37. The van der Waals surface area contributed by atoms with Gasteiger partial charge in [-0.25, -0.2) is 9.97 Å². The van der Waals surface area contributed by atoms with Crippen molar-refractivity contribution in [2.75, 3.05) is 13.7 Å². The first-order valence-corrected chi connectivity index (χ1v) is 14.7. The number of hydrogen-bond donors (Lipinski definition) is 3. The van der Waals surface area contributed by atoms with Crippen molar-refractivity contribution < 1.29 is 14.6 Å². The quantitative estimate of drug-likeness (QED) is 0.280. The van der Waals surface area contributed by atoms with Gasteiger partial charge in [-0.2, -0.15) is 0 Å². The number of carbonyl (C=O) groups is 1. The number of H-pyrrole nitrogens is 2. The minimum absolute atomic E-state index is 0.0545. The first kappa shape index (κ1) is 30.0. The van der Waals surface area contributed by atoms with Crippen LogP contribution in [0.4, 0.5) is 0 Å². The van der Waals surface area contributed by atoms with E-state index < -0.39 is 0 Å². The van der Waals surface area contributed by atoms with Crippen LogP contribution < -0.4 is 10.9 Å². The molecule has 6 heterocycles. The summed E-state index contributed by atoms with van der Waals surface area (Å²) in [7, 11) is 1.38. The third-order valence-corrected chi connectivity index (χ3v) is 8.22. The molecule has 1 unspecified atom stereocenters. The van der Waals surface area contributed by atoms with Gasteiger partial charge in [0.05, 0.1) is 41.5 Å². The fourth-order valence-electron chi connectivity index (χ4n) is 5.77. The molecule has 0 aromatic carbocycles. The number of methoxy groups -OCH3 is 1. The van der Waals surface area contributed by atoms with Crippen LogP contribution >= 0.6 is 0 Å². The molecule has 0 spiro atoms. The Balaban J connectivity index is 0.000000559. The number of pyridine rings is 1. The molecule has 4 aromatic heterocycles. The third kappa shape index (κ3) is 5.52. The number of aromatic amines is 2. The molecule has 1 atom stereocenters. The summed E-state index contributed by atoms with van der Waals surface area (Å²) in [5.74, 6) is 0.0177. The molecule has 0 aliphatic carbocycles. The lowest BCUT2D eigenvalue weighted by molar-refractivity contribution is -0.140. The van der Waals surface area contributed by atoms with Crippen LogP contribution in [0.25, 0.3) is 50.6 Å². The van der Waals surface area contributed by atoms with E-state index in [-0.39, 0.29) is 24.1 Å². The van der Waals surface area contributed by atoms with Crippen LogP contribution in [0.1, 0.15) is 74.8 Å². The summed E-state index contributed by atoms with van der Waals surface area (Å²) in [4.78, 5) is 40.6. The predicted octanol–water partition coefficient (Wildman–Crippen LogP) is 5.32. The lowest BCUT2D eigenvalue weighted by Crippen LogP contribution is -2.33.